The Kier molecular flexibility index (Phi) is 5.49. The molecule has 0 bridgehead atoms. The van der Waals surface area contributed by atoms with Gasteiger partial charge in [-0.3, -0.25) is 4.79 Å². The third-order valence-electron chi connectivity index (χ3n) is 6.72. The minimum Gasteiger partial charge on any atom is -0.496 e. The van der Waals surface area contributed by atoms with Crippen LogP contribution in [-0.2, 0) is 0 Å². The molecule has 1 atom stereocenters. The normalized spacial score (nSPS) is 19.0. The number of hydrogen-bond donors (Lipinski definition) is 0. The van der Waals surface area contributed by atoms with Gasteiger partial charge in [0.1, 0.15) is 11.6 Å². The summed E-state index contributed by atoms with van der Waals surface area (Å²) in [4.78, 5) is 22.8. The van der Waals surface area contributed by atoms with Crippen LogP contribution in [0.15, 0.2) is 30.5 Å². The molecule has 7 heteroatoms. The molecule has 1 aromatic carbocycles. The van der Waals surface area contributed by atoms with Gasteiger partial charge in [0.25, 0.3) is 5.91 Å². The lowest BCUT2D eigenvalue weighted by atomic mass is 9.97. The number of ether oxygens (including phenoxy) is 1. The van der Waals surface area contributed by atoms with Crippen molar-refractivity contribution < 1.29 is 9.53 Å². The van der Waals surface area contributed by atoms with E-state index < -0.39 is 0 Å². The molecule has 32 heavy (non-hydrogen) atoms. The average Bonchev–Trinajstić information content (AvgIpc) is 3.47. The summed E-state index contributed by atoms with van der Waals surface area (Å²) in [5.41, 5.74) is 4.58. The van der Waals surface area contributed by atoms with E-state index in [1.807, 2.05) is 34.5 Å². The minimum absolute atomic E-state index is 0.00509. The van der Waals surface area contributed by atoms with E-state index in [-0.39, 0.29) is 11.9 Å². The molecule has 2 saturated heterocycles. The Hall–Kier alpha value is -3.09. The van der Waals surface area contributed by atoms with Crippen LogP contribution in [0.5, 0.6) is 5.75 Å². The van der Waals surface area contributed by atoms with Gasteiger partial charge in [-0.1, -0.05) is 6.07 Å². The number of nitrogens with zero attached hydrogens (tertiary/aromatic N) is 5. The molecule has 1 unspecified atom stereocenters. The maximum Gasteiger partial charge on any atom is 0.258 e. The molecule has 0 N–H and O–H groups in total. The fourth-order valence-electron chi connectivity index (χ4n) is 5.04. The first-order chi connectivity index (χ1) is 15.5. The summed E-state index contributed by atoms with van der Waals surface area (Å²) >= 11 is 0. The smallest absolute Gasteiger partial charge is 0.258 e. The van der Waals surface area contributed by atoms with Gasteiger partial charge in [-0.15, -0.1) is 0 Å². The fourth-order valence-corrected chi connectivity index (χ4v) is 5.04. The largest absolute Gasteiger partial charge is 0.496 e. The molecule has 2 aliphatic heterocycles. The van der Waals surface area contributed by atoms with Crippen LogP contribution in [0, 0.1) is 13.8 Å². The van der Waals surface area contributed by atoms with E-state index in [1.54, 1.807) is 7.11 Å². The molecule has 4 heterocycles. The number of fused-ring (bicyclic) bond motifs is 1. The quantitative estimate of drug-likeness (QED) is 0.613. The number of methoxy groups -OCH3 is 1. The third kappa shape index (κ3) is 3.70. The lowest BCUT2D eigenvalue weighted by molar-refractivity contribution is 0.0602. The van der Waals surface area contributed by atoms with Crippen molar-refractivity contribution in [3.8, 4) is 5.75 Å². The van der Waals surface area contributed by atoms with Crippen molar-refractivity contribution in [2.75, 3.05) is 31.6 Å². The van der Waals surface area contributed by atoms with Crippen LogP contribution in [0.2, 0.25) is 0 Å². The Balaban J connectivity index is 1.49. The maximum atomic E-state index is 13.6. The van der Waals surface area contributed by atoms with Crippen molar-refractivity contribution in [2.45, 2.75) is 52.0 Å². The molecule has 0 aliphatic carbocycles. The molecular weight excluding hydrogens is 402 g/mol. The summed E-state index contributed by atoms with van der Waals surface area (Å²) in [6.45, 7) is 6.95. The zero-order valence-electron chi connectivity index (χ0n) is 19.2. The summed E-state index contributed by atoms with van der Waals surface area (Å²) < 4.78 is 7.39. The molecule has 0 radical (unpaired) electrons. The second-order valence-corrected chi connectivity index (χ2v) is 9.03. The topological polar surface area (TPSA) is 63.0 Å². The summed E-state index contributed by atoms with van der Waals surface area (Å²) in [5, 5.41) is 4.86. The van der Waals surface area contributed by atoms with Gasteiger partial charge in [-0.05, 0) is 63.6 Å². The van der Waals surface area contributed by atoms with Crippen molar-refractivity contribution in [2.24, 2.45) is 0 Å². The van der Waals surface area contributed by atoms with E-state index >= 15 is 0 Å². The highest BCUT2D eigenvalue weighted by atomic mass is 16.5. The number of hydrogen-bond acceptors (Lipinski definition) is 5. The molecule has 7 nitrogen and oxygen atoms in total. The number of benzene rings is 1. The first kappa shape index (κ1) is 20.8. The highest BCUT2D eigenvalue weighted by Gasteiger charge is 2.32. The lowest BCUT2D eigenvalue weighted by Crippen LogP contribution is -2.38. The molecule has 1 amide bonds. The zero-order valence-corrected chi connectivity index (χ0v) is 19.2. The van der Waals surface area contributed by atoms with Gasteiger partial charge in [0.15, 0.2) is 5.65 Å². The van der Waals surface area contributed by atoms with E-state index in [9.17, 15) is 4.79 Å². The summed E-state index contributed by atoms with van der Waals surface area (Å²) in [6, 6.07) is 7.76. The second kappa shape index (κ2) is 8.45. The van der Waals surface area contributed by atoms with Gasteiger partial charge in [0.05, 0.1) is 24.4 Å². The molecular formula is C25H31N5O2. The SMILES string of the molecule is COc1cc(C)ccc1C(=O)N1CCCCC1c1cc2nc(N3CCCC3)c(C)cn2n1. The molecule has 2 aliphatic rings. The number of carbonyl (C=O) groups is 1. The summed E-state index contributed by atoms with van der Waals surface area (Å²) in [7, 11) is 1.62. The number of aryl methyl sites for hydroxylation is 2. The van der Waals surface area contributed by atoms with E-state index in [0.717, 1.165) is 67.2 Å². The first-order valence-corrected chi connectivity index (χ1v) is 11.6. The van der Waals surface area contributed by atoms with Crippen molar-refractivity contribution >= 4 is 17.4 Å². The van der Waals surface area contributed by atoms with E-state index in [0.29, 0.717) is 11.3 Å². The van der Waals surface area contributed by atoms with Crippen molar-refractivity contribution in [1.82, 2.24) is 19.5 Å². The van der Waals surface area contributed by atoms with Crippen LogP contribution in [0.4, 0.5) is 5.82 Å². The number of rotatable bonds is 4. The number of anilines is 1. The Bertz CT molecular complexity index is 1150. The van der Waals surface area contributed by atoms with Gasteiger partial charge in [0.2, 0.25) is 0 Å². The summed E-state index contributed by atoms with van der Waals surface area (Å²) in [5.74, 6) is 1.69. The maximum absolute atomic E-state index is 13.6. The highest BCUT2D eigenvalue weighted by Crippen LogP contribution is 2.34. The van der Waals surface area contributed by atoms with E-state index in [1.165, 1.54) is 12.8 Å². The molecule has 5 rings (SSSR count). The van der Waals surface area contributed by atoms with Crippen molar-refractivity contribution in [1.29, 1.82) is 0 Å². The lowest BCUT2D eigenvalue weighted by Gasteiger charge is -2.35. The fraction of sp³-hybridized carbons (Fsp3) is 0.480. The number of carbonyl (C=O) groups excluding carboxylic acids is 1. The van der Waals surface area contributed by atoms with Crippen LogP contribution in [0.1, 0.15) is 65.3 Å². The molecule has 0 saturated carbocycles. The predicted octanol–water partition coefficient (Wildman–Crippen LogP) is 4.32. The van der Waals surface area contributed by atoms with E-state index in [2.05, 4.69) is 24.1 Å². The first-order valence-electron chi connectivity index (χ1n) is 11.6. The van der Waals surface area contributed by atoms with Crippen molar-refractivity contribution in [3.05, 3.63) is 52.8 Å². The van der Waals surface area contributed by atoms with Gasteiger partial charge in [-0.25, -0.2) is 9.50 Å². The highest BCUT2D eigenvalue weighted by molar-refractivity contribution is 5.97. The molecule has 2 fully saturated rings. The molecule has 2 aromatic heterocycles. The van der Waals surface area contributed by atoms with E-state index in [4.69, 9.17) is 14.8 Å². The Morgan fingerprint density at radius 1 is 1.06 bits per heavy atom. The van der Waals surface area contributed by atoms with Crippen LogP contribution in [0.25, 0.3) is 5.65 Å². The van der Waals surface area contributed by atoms with Gasteiger partial charge in [-0.2, -0.15) is 5.10 Å². The van der Waals surface area contributed by atoms with Crippen LogP contribution in [-0.4, -0.2) is 52.1 Å². The van der Waals surface area contributed by atoms with Crippen LogP contribution in [0.3, 0.4) is 0 Å². The second-order valence-electron chi connectivity index (χ2n) is 9.03. The standard InChI is InChI=1S/C25H31N5O2/c1-17-9-10-19(22(14-17)32-3)25(31)29-13-5-4-8-21(29)20-15-23-26-24(28-11-6-7-12-28)18(2)16-30(23)27-20/h9-10,14-16,21H,4-8,11-13H2,1-3H3. The van der Waals surface area contributed by atoms with Crippen LogP contribution < -0.4 is 9.64 Å². The van der Waals surface area contributed by atoms with Gasteiger partial charge >= 0.3 is 0 Å². The van der Waals surface area contributed by atoms with Gasteiger partial charge in [0, 0.05) is 37.5 Å². The number of amides is 1. The van der Waals surface area contributed by atoms with Gasteiger partial charge < -0.3 is 14.5 Å². The Morgan fingerprint density at radius 2 is 1.84 bits per heavy atom. The predicted molar refractivity (Wildman–Crippen MR) is 125 cm³/mol. The Morgan fingerprint density at radius 3 is 2.62 bits per heavy atom. The van der Waals surface area contributed by atoms with Crippen LogP contribution >= 0.6 is 0 Å². The zero-order chi connectivity index (χ0) is 22.2. The molecule has 168 valence electrons. The summed E-state index contributed by atoms with van der Waals surface area (Å²) in [6.07, 6.45) is 7.50. The molecule has 0 spiro atoms. The number of piperidine rings is 1. The molecule has 3 aromatic rings. The monoisotopic (exact) mass is 433 g/mol. The van der Waals surface area contributed by atoms with Crippen molar-refractivity contribution in [3.63, 3.8) is 0 Å². The number of aromatic nitrogens is 3. The third-order valence-corrected chi connectivity index (χ3v) is 6.72. The number of likely N-dealkylation sites (tertiary alicyclic amines) is 1. The Labute approximate surface area is 189 Å². The minimum atomic E-state index is -0.0560. The average molecular weight is 434 g/mol.